The zero-order valence-electron chi connectivity index (χ0n) is 23.2. The van der Waals surface area contributed by atoms with Crippen LogP contribution < -0.4 is 18.9 Å². The predicted molar refractivity (Wildman–Crippen MR) is 151 cm³/mol. The third-order valence-electron chi connectivity index (χ3n) is 7.91. The van der Waals surface area contributed by atoms with Gasteiger partial charge in [0.05, 0.1) is 37.2 Å². The van der Waals surface area contributed by atoms with E-state index in [0.29, 0.717) is 0 Å². The van der Waals surface area contributed by atoms with Crippen molar-refractivity contribution in [2.24, 2.45) is 11.8 Å². The van der Waals surface area contributed by atoms with Gasteiger partial charge in [0.25, 0.3) is 0 Å². The van der Waals surface area contributed by atoms with Crippen LogP contribution in [0.3, 0.4) is 0 Å². The van der Waals surface area contributed by atoms with Gasteiger partial charge >= 0.3 is 0 Å². The zero-order valence-corrected chi connectivity index (χ0v) is 23.2. The summed E-state index contributed by atoms with van der Waals surface area (Å²) in [4.78, 5) is 28.9. The molecule has 0 amide bonds. The first kappa shape index (κ1) is 28.3. The second-order valence-electron chi connectivity index (χ2n) is 10.3. The smallest absolute Gasteiger partial charge is 0.203 e. The number of phenolic OH excluding ortho intramolecular Hbond substituents is 6. The standard InChI is InChI=1S/C32H26O12/c1-41-31-19(35)9-5-15-25(39)23(27(43-29(15)31)13-3-7-17(33)21(37)11-13)24-26(40)16-6-10-20(36)32(42-2)30(16)44-28(24)14-4-8-18(34)22(38)12-14/h3-12,23-24,27-28,33-38H,1-2H3/t23-,24-,27+,28+/m0/s1. The van der Waals surface area contributed by atoms with Gasteiger partial charge in [0, 0.05) is 0 Å². The largest absolute Gasteiger partial charge is 0.504 e. The van der Waals surface area contributed by atoms with Gasteiger partial charge in [-0.2, -0.15) is 0 Å². The lowest BCUT2D eigenvalue weighted by molar-refractivity contribution is 0.0120. The summed E-state index contributed by atoms with van der Waals surface area (Å²) in [6, 6.07) is 12.7. The van der Waals surface area contributed by atoms with Gasteiger partial charge in [-0.25, -0.2) is 0 Å². The summed E-state index contributed by atoms with van der Waals surface area (Å²) in [7, 11) is 2.56. The molecule has 4 aromatic carbocycles. The molecule has 0 aliphatic carbocycles. The van der Waals surface area contributed by atoms with Gasteiger partial charge in [0.1, 0.15) is 12.2 Å². The summed E-state index contributed by atoms with van der Waals surface area (Å²) in [6.45, 7) is 0. The quantitative estimate of drug-likeness (QED) is 0.176. The van der Waals surface area contributed by atoms with Crippen molar-refractivity contribution in [2.75, 3.05) is 14.2 Å². The number of ketones is 2. The second kappa shape index (κ2) is 10.5. The topological polar surface area (TPSA) is 192 Å². The Bertz CT molecular complexity index is 1700. The van der Waals surface area contributed by atoms with Crippen LogP contribution in [0.1, 0.15) is 44.1 Å². The molecule has 6 N–H and O–H groups in total. The van der Waals surface area contributed by atoms with Gasteiger partial charge in [0.2, 0.25) is 11.5 Å². The molecule has 0 spiro atoms. The van der Waals surface area contributed by atoms with Crippen LogP contribution >= 0.6 is 0 Å². The van der Waals surface area contributed by atoms with Gasteiger partial charge in [-0.1, -0.05) is 12.1 Å². The summed E-state index contributed by atoms with van der Waals surface area (Å²) in [6.07, 6.45) is -2.60. The maximum atomic E-state index is 14.5. The average Bonchev–Trinajstić information content (AvgIpc) is 3.00. The highest BCUT2D eigenvalue weighted by Gasteiger charge is 2.53. The number of fused-ring (bicyclic) bond motifs is 2. The van der Waals surface area contributed by atoms with Gasteiger partial charge in [-0.3, -0.25) is 9.59 Å². The van der Waals surface area contributed by atoms with Gasteiger partial charge in [-0.05, 0) is 59.7 Å². The lowest BCUT2D eigenvalue weighted by Gasteiger charge is -2.42. The number of Topliss-reactive ketones (excluding diaryl/α,β-unsaturated/α-hetero) is 2. The van der Waals surface area contributed by atoms with Crippen molar-refractivity contribution in [3.63, 3.8) is 0 Å². The molecule has 2 aliphatic heterocycles. The van der Waals surface area contributed by atoms with E-state index in [1.807, 2.05) is 0 Å². The van der Waals surface area contributed by atoms with Crippen molar-refractivity contribution in [1.82, 2.24) is 0 Å². The number of methoxy groups -OCH3 is 2. The molecule has 0 bridgehead atoms. The Morgan fingerprint density at radius 1 is 0.523 bits per heavy atom. The Kier molecular flexibility index (Phi) is 6.76. The number of hydrogen-bond donors (Lipinski definition) is 6. The number of aromatic hydroxyl groups is 6. The monoisotopic (exact) mass is 602 g/mol. The van der Waals surface area contributed by atoms with E-state index in [9.17, 15) is 40.2 Å². The van der Waals surface area contributed by atoms with E-state index in [1.54, 1.807) is 0 Å². The van der Waals surface area contributed by atoms with Crippen LogP contribution in [-0.4, -0.2) is 56.4 Å². The normalized spacial score (nSPS) is 20.6. The summed E-state index contributed by atoms with van der Waals surface area (Å²) in [5, 5.41) is 61.5. The van der Waals surface area contributed by atoms with Crippen LogP contribution in [0.5, 0.6) is 57.5 Å². The van der Waals surface area contributed by atoms with Crippen molar-refractivity contribution in [2.45, 2.75) is 12.2 Å². The highest BCUT2D eigenvalue weighted by Crippen LogP contribution is 2.56. The molecule has 0 saturated heterocycles. The SMILES string of the molecule is COc1c(O)ccc2c1O[C@H](c1ccc(O)c(O)c1)[C@@H]([C@H]1C(=O)c3ccc(O)c(OC)c3O[C@@H]1c1ccc(O)c(O)c1)C2=O. The molecule has 0 radical (unpaired) electrons. The zero-order chi connectivity index (χ0) is 31.4. The van der Waals surface area contributed by atoms with E-state index in [4.69, 9.17) is 18.9 Å². The third kappa shape index (κ3) is 4.30. The maximum Gasteiger partial charge on any atom is 0.203 e. The van der Waals surface area contributed by atoms with Crippen molar-refractivity contribution >= 4 is 11.6 Å². The van der Waals surface area contributed by atoms with Gasteiger partial charge in [0.15, 0.2) is 57.6 Å². The molecule has 226 valence electrons. The van der Waals surface area contributed by atoms with Crippen LogP contribution in [0.2, 0.25) is 0 Å². The predicted octanol–water partition coefficient (Wildman–Crippen LogP) is 4.50. The van der Waals surface area contributed by atoms with Crippen molar-refractivity contribution in [1.29, 1.82) is 0 Å². The number of hydrogen-bond acceptors (Lipinski definition) is 12. The summed E-state index contributed by atoms with van der Waals surface area (Å²) < 4.78 is 23.3. The minimum Gasteiger partial charge on any atom is -0.504 e. The fourth-order valence-electron chi connectivity index (χ4n) is 5.84. The minimum absolute atomic E-state index is 0.00177. The highest BCUT2D eigenvalue weighted by atomic mass is 16.5. The molecule has 0 unspecified atom stereocenters. The van der Waals surface area contributed by atoms with E-state index in [-0.39, 0.29) is 56.8 Å². The molecule has 0 saturated carbocycles. The Morgan fingerprint density at radius 3 is 1.23 bits per heavy atom. The molecule has 2 aliphatic rings. The first-order valence-electron chi connectivity index (χ1n) is 13.3. The molecule has 4 aromatic rings. The Morgan fingerprint density at radius 2 is 0.886 bits per heavy atom. The summed E-state index contributed by atoms with van der Waals surface area (Å²) in [5.74, 6) is -6.84. The van der Waals surface area contributed by atoms with Crippen LogP contribution in [0.4, 0.5) is 0 Å². The second-order valence-corrected chi connectivity index (χ2v) is 10.3. The average molecular weight is 603 g/mol. The van der Waals surface area contributed by atoms with Crippen molar-refractivity contribution in [3.8, 4) is 57.5 Å². The number of ether oxygens (including phenoxy) is 4. The number of phenols is 6. The Hall–Kier alpha value is -5.78. The number of benzene rings is 4. The number of carbonyl (C=O) groups excluding carboxylic acids is 2. The fourth-order valence-corrected chi connectivity index (χ4v) is 5.84. The van der Waals surface area contributed by atoms with Crippen LogP contribution in [-0.2, 0) is 0 Å². The number of carbonyl (C=O) groups is 2. The number of rotatable bonds is 5. The molecule has 4 atom stereocenters. The van der Waals surface area contributed by atoms with E-state index in [0.717, 1.165) is 0 Å². The third-order valence-corrected chi connectivity index (χ3v) is 7.91. The van der Waals surface area contributed by atoms with Crippen molar-refractivity contribution in [3.05, 3.63) is 82.9 Å². The maximum absolute atomic E-state index is 14.5. The van der Waals surface area contributed by atoms with E-state index >= 15 is 0 Å². The molecule has 12 nitrogen and oxygen atoms in total. The van der Waals surface area contributed by atoms with Crippen LogP contribution in [0.25, 0.3) is 0 Å². The molecule has 0 aromatic heterocycles. The van der Waals surface area contributed by atoms with E-state index in [2.05, 4.69) is 0 Å². The molecular formula is C32H26O12. The lowest BCUT2D eigenvalue weighted by Crippen LogP contribution is -2.45. The first-order valence-corrected chi connectivity index (χ1v) is 13.3. The van der Waals surface area contributed by atoms with Crippen molar-refractivity contribution < 1.29 is 59.2 Å². The first-order chi connectivity index (χ1) is 21.0. The van der Waals surface area contributed by atoms with Crippen LogP contribution in [0.15, 0.2) is 60.7 Å². The molecule has 12 heteroatoms. The van der Waals surface area contributed by atoms with Gasteiger partial charge in [-0.15, -0.1) is 0 Å². The van der Waals surface area contributed by atoms with Crippen LogP contribution in [0, 0.1) is 11.8 Å². The molecule has 6 rings (SSSR count). The molecular weight excluding hydrogens is 576 g/mol. The molecule has 2 heterocycles. The Labute approximate surface area is 249 Å². The fraction of sp³-hybridized carbons (Fsp3) is 0.188. The highest BCUT2D eigenvalue weighted by molar-refractivity contribution is 6.09. The van der Waals surface area contributed by atoms with E-state index < -0.39 is 58.6 Å². The van der Waals surface area contributed by atoms with Gasteiger partial charge < -0.3 is 49.6 Å². The minimum atomic E-state index is -1.36. The molecule has 0 fully saturated rings. The summed E-state index contributed by atoms with van der Waals surface area (Å²) >= 11 is 0. The Balaban J connectivity index is 1.61. The lowest BCUT2D eigenvalue weighted by atomic mass is 9.69. The van der Waals surface area contributed by atoms with E-state index in [1.165, 1.54) is 74.9 Å². The molecule has 44 heavy (non-hydrogen) atoms. The summed E-state index contributed by atoms with van der Waals surface area (Å²) in [5.41, 5.74) is 0.393.